The molecule has 0 saturated heterocycles. The molecule has 0 bridgehead atoms. The topological polar surface area (TPSA) is 105 Å². The number of rotatable bonds is 5. The van der Waals surface area contributed by atoms with E-state index < -0.39 is 0 Å². The average Bonchev–Trinajstić information content (AvgIpc) is 2.72. The number of nitrogen functional groups attached to an aromatic ring is 1. The smallest absolute Gasteiger partial charge is 0.221 e. The van der Waals surface area contributed by atoms with E-state index in [2.05, 4.69) is 38.1 Å². The van der Waals surface area contributed by atoms with E-state index in [1.807, 2.05) is 42.5 Å². The highest BCUT2D eigenvalue weighted by Crippen LogP contribution is 2.31. The summed E-state index contributed by atoms with van der Waals surface area (Å²) in [5.41, 5.74) is 9.15. The fraction of sp³-hybridized carbons (Fsp3) is 0.0455. The minimum absolute atomic E-state index is 0.116. The molecule has 0 atom stereocenters. The number of hydrogen-bond acceptors (Lipinski definition) is 6. The Morgan fingerprint density at radius 2 is 1.48 bits per heavy atom. The highest BCUT2D eigenvalue weighted by atomic mass is 16.1. The Hall–Kier alpha value is -4.13. The normalized spacial score (nSPS) is 10.5. The van der Waals surface area contributed by atoms with Crippen LogP contribution < -0.4 is 21.7 Å². The van der Waals surface area contributed by atoms with Crippen molar-refractivity contribution in [1.82, 2.24) is 9.97 Å². The summed E-state index contributed by atoms with van der Waals surface area (Å²) in [7, 11) is 0. The molecule has 0 spiro atoms. The number of fused-ring (bicyclic) bond motifs is 1. The van der Waals surface area contributed by atoms with Crippen LogP contribution in [0.4, 0.5) is 34.4 Å². The van der Waals surface area contributed by atoms with Gasteiger partial charge in [0, 0.05) is 29.4 Å². The minimum Gasteiger partial charge on any atom is -0.393 e. The van der Waals surface area contributed by atoms with Gasteiger partial charge in [-0.3, -0.25) is 4.79 Å². The highest BCUT2D eigenvalue weighted by molar-refractivity contribution is 5.96. The van der Waals surface area contributed by atoms with Crippen LogP contribution in [-0.4, -0.2) is 15.9 Å². The van der Waals surface area contributed by atoms with Crippen LogP contribution in [0.25, 0.3) is 10.8 Å². The van der Waals surface area contributed by atoms with Crippen molar-refractivity contribution in [2.24, 2.45) is 0 Å². The maximum Gasteiger partial charge on any atom is 0.221 e. The predicted octanol–water partition coefficient (Wildman–Crippen LogP) is 4.66. The standard InChI is InChI=1S/C22H20N6O/c1-14(29)26-16-9-11-17(12-10-16)27-21-20(23)22(25-13-24-21)28-19-8-4-6-15-5-2-3-7-18(15)19/h2-13H,23H2,1H3,(H,26,29)(H2,24,25,27,28). The molecule has 0 fully saturated rings. The molecule has 29 heavy (non-hydrogen) atoms. The Kier molecular flexibility index (Phi) is 4.94. The Morgan fingerprint density at radius 1 is 0.828 bits per heavy atom. The van der Waals surface area contributed by atoms with Crippen molar-refractivity contribution in [2.75, 3.05) is 21.7 Å². The lowest BCUT2D eigenvalue weighted by Crippen LogP contribution is -2.06. The minimum atomic E-state index is -0.116. The van der Waals surface area contributed by atoms with Crippen LogP contribution in [0.1, 0.15) is 6.92 Å². The molecule has 0 radical (unpaired) electrons. The van der Waals surface area contributed by atoms with Gasteiger partial charge in [-0.1, -0.05) is 36.4 Å². The average molecular weight is 384 g/mol. The summed E-state index contributed by atoms with van der Waals surface area (Å²) in [5.74, 6) is 0.902. The third kappa shape index (κ3) is 4.08. The monoisotopic (exact) mass is 384 g/mol. The van der Waals surface area contributed by atoms with Crippen LogP contribution in [0.2, 0.25) is 0 Å². The Balaban J connectivity index is 1.58. The fourth-order valence-electron chi connectivity index (χ4n) is 3.03. The second kappa shape index (κ2) is 7.85. The number of amides is 1. The molecule has 3 aromatic carbocycles. The van der Waals surface area contributed by atoms with E-state index in [4.69, 9.17) is 5.73 Å². The van der Waals surface area contributed by atoms with Gasteiger partial charge in [-0.2, -0.15) is 0 Å². The van der Waals surface area contributed by atoms with E-state index >= 15 is 0 Å². The first kappa shape index (κ1) is 18.2. The number of benzene rings is 3. The molecular weight excluding hydrogens is 364 g/mol. The van der Waals surface area contributed by atoms with Crippen molar-refractivity contribution in [3.63, 3.8) is 0 Å². The second-order valence-electron chi connectivity index (χ2n) is 6.52. The number of carbonyl (C=O) groups is 1. The van der Waals surface area contributed by atoms with Gasteiger partial charge in [-0.05, 0) is 35.7 Å². The fourth-order valence-corrected chi connectivity index (χ4v) is 3.03. The summed E-state index contributed by atoms with van der Waals surface area (Å²) >= 11 is 0. The number of nitrogens with one attached hydrogen (secondary N) is 3. The number of aromatic nitrogens is 2. The van der Waals surface area contributed by atoms with Crippen LogP contribution in [0, 0.1) is 0 Å². The SMILES string of the molecule is CC(=O)Nc1ccc(Nc2ncnc(Nc3cccc4ccccc34)c2N)cc1. The lowest BCUT2D eigenvalue weighted by Gasteiger charge is -2.14. The summed E-state index contributed by atoms with van der Waals surface area (Å²) in [4.78, 5) is 19.7. The quantitative estimate of drug-likeness (QED) is 0.399. The summed E-state index contributed by atoms with van der Waals surface area (Å²) < 4.78 is 0. The molecule has 1 aromatic heterocycles. The van der Waals surface area contributed by atoms with Crippen LogP contribution in [0.15, 0.2) is 73.1 Å². The molecule has 1 heterocycles. The number of nitrogens with two attached hydrogens (primary N) is 1. The zero-order chi connectivity index (χ0) is 20.2. The molecule has 0 aliphatic rings. The second-order valence-corrected chi connectivity index (χ2v) is 6.52. The van der Waals surface area contributed by atoms with Crippen LogP contribution in [0.5, 0.6) is 0 Å². The first-order valence-corrected chi connectivity index (χ1v) is 9.10. The zero-order valence-corrected chi connectivity index (χ0v) is 15.8. The summed E-state index contributed by atoms with van der Waals surface area (Å²) in [5, 5.41) is 11.4. The third-order valence-corrected chi connectivity index (χ3v) is 4.39. The molecular formula is C22H20N6O. The Bertz CT molecular complexity index is 1170. The Labute approximate surface area is 168 Å². The molecule has 7 nitrogen and oxygen atoms in total. The summed E-state index contributed by atoms with van der Waals surface area (Å²) in [6, 6.07) is 21.4. The Morgan fingerprint density at radius 3 is 2.24 bits per heavy atom. The number of anilines is 6. The van der Waals surface area contributed by atoms with Gasteiger partial charge in [0.05, 0.1) is 0 Å². The maximum absolute atomic E-state index is 11.1. The number of nitrogens with zero attached hydrogens (tertiary/aromatic N) is 2. The van der Waals surface area contributed by atoms with E-state index in [1.54, 1.807) is 12.1 Å². The van der Waals surface area contributed by atoms with E-state index in [-0.39, 0.29) is 5.91 Å². The molecule has 0 saturated carbocycles. The third-order valence-electron chi connectivity index (χ3n) is 4.39. The lowest BCUT2D eigenvalue weighted by molar-refractivity contribution is -0.114. The van der Waals surface area contributed by atoms with Gasteiger partial charge in [0.2, 0.25) is 5.91 Å². The van der Waals surface area contributed by atoms with E-state index in [9.17, 15) is 4.79 Å². The molecule has 5 N–H and O–H groups in total. The van der Waals surface area contributed by atoms with E-state index in [0.29, 0.717) is 17.3 Å². The largest absolute Gasteiger partial charge is 0.393 e. The van der Waals surface area contributed by atoms with Gasteiger partial charge in [-0.15, -0.1) is 0 Å². The van der Waals surface area contributed by atoms with Crippen molar-refractivity contribution in [2.45, 2.75) is 6.92 Å². The van der Waals surface area contributed by atoms with Gasteiger partial charge in [-0.25, -0.2) is 9.97 Å². The molecule has 4 aromatic rings. The lowest BCUT2D eigenvalue weighted by atomic mass is 10.1. The molecule has 1 amide bonds. The van der Waals surface area contributed by atoms with Crippen molar-refractivity contribution < 1.29 is 4.79 Å². The first-order valence-electron chi connectivity index (χ1n) is 9.10. The van der Waals surface area contributed by atoms with E-state index in [1.165, 1.54) is 13.3 Å². The molecule has 7 heteroatoms. The number of hydrogen-bond donors (Lipinski definition) is 4. The van der Waals surface area contributed by atoms with Gasteiger partial charge in [0.25, 0.3) is 0 Å². The van der Waals surface area contributed by atoms with Crippen LogP contribution in [0.3, 0.4) is 0 Å². The zero-order valence-electron chi connectivity index (χ0n) is 15.8. The molecule has 0 unspecified atom stereocenters. The van der Waals surface area contributed by atoms with Crippen LogP contribution >= 0.6 is 0 Å². The summed E-state index contributed by atoms with van der Waals surface area (Å²) in [6.45, 7) is 1.47. The van der Waals surface area contributed by atoms with Crippen molar-refractivity contribution >= 4 is 51.1 Å². The number of carbonyl (C=O) groups excluding carboxylic acids is 1. The van der Waals surface area contributed by atoms with Crippen molar-refractivity contribution in [1.29, 1.82) is 0 Å². The molecule has 144 valence electrons. The predicted molar refractivity (Wildman–Crippen MR) is 118 cm³/mol. The maximum atomic E-state index is 11.1. The van der Waals surface area contributed by atoms with Crippen molar-refractivity contribution in [3.05, 3.63) is 73.1 Å². The molecule has 4 rings (SSSR count). The highest BCUT2D eigenvalue weighted by Gasteiger charge is 2.10. The van der Waals surface area contributed by atoms with E-state index in [0.717, 1.165) is 27.8 Å². The summed E-state index contributed by atoms with van der Waals surface area (Å²) in [6.07, 6.45) is 1.46. The molecule has 0 aliphatic heterocycles. The van der Waals surface area contributed by atoms with Gasteiger partial charge in [0.1, 0.15) is 12.0 Å². The van der Waals surface area contributed by atoms with Gasteiger partial charge < -0.3 is 21.7 Å². The first-order chi connectivity index (χ1) is 14.1. The van der Waals surface area contributed by atoms with Crippen LogP contribution in [-0.2, 0) is 4.79 Å². The van der Waals surface area contributed by atoms with Gasteiger partial charge >= 0.3 is 0 Å². The van der Waals surface area contributed by atoms with Crippen molar-refractivity contribution in [3.8, 4) is 0 Å². The molecule has 0 aliphatic carbocycles. The van der Waals surface area contributed by atoms with Gasteiger partial charge in [0.15, 0.2) is 11.6 Å².